The van der Waals surface area contributed by atoms with E-state index in [9.17, 15) is 9.59 Å². The number of benzene rings is 2. The Morgan fingerprint density at radius 1 is 1.26 bits per heavy atom. The van der Waals surface area contributed by atoms with E-state index in [0.717, 1.165) is 11.1 Å². The predicted molar refractivity (Wildman–Crippen MR) is 128 cm³/mol. The number of ether oxygens (including phenoxy) is 1. The van der Waals surface area contributed by atoms with Gasteiger partial charge in [-0.05, 0) is 23.8 Å². The number of fused-ring (bicyclic) bond motifs is 1. The lowest BCUT2D eigenvalue weighted by atomic mass is 10.1. The average molecular weight is 472 g/mol. The lowest BCUT2D eigenvalue weighted by molar-refractivity contribution is -0.113. The van der Waals surface area contributed by atoms with Crippen LogP contribution >= 0.6 is 34.7 Å². The number of aromatic nitrogens is 2. The summed E-state index contributed by atoms with van der Waals surface area (Å²) >= 11 is 8.73. The van der Waals surface area contributed by atoms with E-state index >= 15 is 0 Å². The van der Waals surface area contributed by atoms with E-state index in [-0.39, 0.29) is 17.2 Å². The summed E-state index contributed by atoms with van der Waals surface area (Å²) < 4.78 is 6.60. The van der Waals surface area contributed by atoms with Crippen LogP contribution in [0.15, 0.2) is 63.9 Å². The Labute approximate surface area is 191 Å². The molecule has 0 aliphatic heterocycles. The zero-order valence-corrected chi connectivity index (χ0v) is 19.1. The predicted octanol–water partition coefficient (Wildman–Crippen LogP) is 5.05. The number of halogens is 1. The number of thiophene rings is 1. The van der Waals surface area contributed by atoms with Gasteiger partial charge in [0.05, 0.1) is 23.3 Å². The topological polar surface area (TPSA) is 73.2 Å². The number of carbonyl (C=O) groups is 1. The van der Waals surface area contributed by atoms with Crippen molar-refractivity contribution < 1.29 is 9.53 Å². The number of anilines is 1. The molecule has 0 bridgehead atoms. The highest BCUT2D eigenvalue weighted by molar-refractivity contribution is 7.99. The summed E-state index contributed by atoms with van der Waals surface area (Å²) in [6, 6.07) is 14.8. The van der Waals surface area contributed by atoms with E-state index in [4.69, 9.17) is 16.3 Å². The molecule has 0 spiro atoms. The van der Waals surface area contributed by atoms with Gasteiger partial charge in [0.1, 0.15) is 10.6 Å². The summed E-state index contributed by atoms with van der Waals surface area (Å²) in [5.74, 6) is 0.413. The standard InChI is InChI=1S/C22H18ClN3O3S2/c1-26-21(28)19-15(13-6-4-3-5-7-13)11-30-20(19)25-22(26)31-12-18(27)24-14-8-9-17(29-2)16(23)10-14/h3-11H,12H2,1-2H3,(H,24,27). The maximum Gasteiger partial charge on any atom is 0.263 e. The number of methoxy groups -OCH3 is 1. The zero-order valence-electron chi connectivity index (χ0n) is 16.7. The Balaban J connectivity index is 1.53. The molecule has 0 radical (unpaired) electrons. The number of nitrogens with zero attached hydrogens (tertiary/aromatic N) is 2. The first kappa shape index (κ1) is 21.4. The highest BCUT2D eigenvalue weighted by Crippen LogP contribution is 2.32. The van der Waals surface area contributed by atoms with Crippen LogP contribution in [0.3, 0.4) is 0 Å². The maximum absolute atomic E-state index is 13.0. The number of hydrogen-bond donors (Lipinski definition) is 1. The van der Waals surface area contributed by atoms with Crippen LogP contribution in [0.5, 0.6) is 5.75 Å². The van der Waals surface area contributed by atoms with Crippen molar-refractivity contribution in [2.45, 2.75) is 5.16 Å². The molecule has 9 heteroatoms. The number of rotatable bonds is 6. The van der Waals surface area contributed by atoms with Gasteiger partial charge in [-0.3, -0.25) is 14.2 Å². The smallest absolute Gasteiger partial charge is 0.263 e. The quantitative estimate of drug-likeness (QED) is 0.314. The molecule has 0 saturated carbocycles. The van der Waals surface area contributed by atoms with Crippen molar-refractivity contribution in [3.63, 3.8) is 0 Å². The fourth-order valence-electron chi connectivity index (χ4n) is 3.08. The molecule has 158 valence electrons. The van der Waals surface area contributed by atoms with Crippen LogP contribution in [0.2, 0.25) is 5.02 Å². The van der Waals surface area contributed by atoms with Crippen LogP contribution in [0.4, 0.5) is 5.69 Å². The second-order valence-electron chi connectivity index (χ2n) is 6.64. The Kier molecular flexibility index (Phi) is 6.31. The van der Waals surface area contributed by atoms with E-state index in [1.165, 1.54) is 34.8 Å². The first-order valence-electron chi connectivity index (χ1n) is 9.27. The molecule has 0 atom stereocenters. The van der Waals surface area contributed by atoms with Gasteiger partial charge in [0.15, 0.2) is 5.16 Å². The lowest BCUT2D eigenvalue weighted by Gasteiger charge is -2.09. The van der Waals surface area contributed by atoms with E-state index in [0.29, 0.717) is 31.8 Å². The largest absolute Gasteiger partial charge is 0.495 e. The first-order chi connectivity index (χ1) is 15.0. The molecule has 0 unspecified atom stereocenters. The fourth-order valence-corrected chi connectivity index (χ4v) is 5.10. The number of carbonyl (C=O) groups excluding carboxylic acids is 1. The van der Waals surface area contributed by atoms with Crippen LogP contribution in [0.1, 0.15) is 0 Å². The molecule has 2 heterocycles. The van der Waals surface area contributed by atoms with Crippen molar-refractivity contribution in [1.29, 1.82) is 0 Å². The van der Waals surface area contributed by atoms with Crippen LogP contribution in [0.25, 0.3) is 21.3 Å². The monoisotopic (exact) mass is 471 g/mol. The normalized spacial score (nSPS) is 10.9. The number of thioether (sulfide) groups is 1. The van der Waals surface area contributed by atoms with Gasteiger partial charge >= 0.3 is 0 Å². The van der Waals surface area contributed by atoms with Crippen molar-refractivity contribution in [2.75, 3.05) is 18.2 Å². The van der Waals surface area contributed by atoms with Crippen molar-refractivity contribution >= 4 is 56.5 Å². The Bertz CT molecular complexity index is 1320. The van der Waals surface area contributed by atoms with Crippen molar-refractivity contribution in [2.24, 2.45) is 7.05 Å². The molecule has 6 nitrogen and oxygen atoms in total. The maximum atomic E-state index is 13.0. The third-order valence-electron chi connectivity index (χ3n) is 4.63. The Morgan fingerprint density at radius 2 is 2.03 bits per heavy atom. The summed E-state index contributed by atoms with van der Waals surface area (Å²) in [5.41, 5.74) is 2.29. The summed E-state index contributed by atoms with van der Waals surface area (Å²) in [7, 11) is 3.20. The lowest BCUT2D eigenvalue weighted by Crippen LogP contribution is -2.21. The van der Waals surface area contributed by atoms with Gasteiger partial charge in [-0.25, -0.2) is 4.98 Å². The molecule has 31 heavy (non-hydrogen) atoms. The molecule has 2 aromatic heterocycles. The van der Waals surface area contributed by atoms with E-state index in [1.54, 1.807) is 25.2 Å². The molecule has 0 aliphatic rings. The third kappa shape index (κ3) is 4.46. The second kappa shape index (κ2) is 9.13. The summed E-state index contributed by atoms with van der Waals surface area (Å²) in [5, 5.41) is 6.23. The van der Waals surface area contributed by atoms with E-state index < -0.39 is 0 Å². The van der Waals surface area contributed by atoms with Crippen LogP contribution in [-0.2, 0) is 11.8 Å². The molecule has 1 N–H and O–H groups in total. The van der Waals surface area contributed by atoms with Gasteiger partial charge in [0.2, 0.25) is 5.91 Å². The van der Waals surface area contributed by atoms with Gasteiger partial charge in [-0.15, -0.1) is 11.3 Å². The fraction of sp³-hybridized carbons (Fsp3) is 0.136. The molecule has 0 aliphatic carbocycles. The number of hydrogen-bond acceptors (Lipinski definition) is 6. The van der Waals surface area contributed by atoms with Gasteiger partial charge in [-0.2, -0.15) is 0 Å². The van der Waals surface area contributed by atoms with Crippen LogP contribution < -0.4 is 15.6 Å². The second-order valence-corrected chi connectivity index (χ2v) is 8.85. The Hall–Kier alpha value is -2.81. The number of amides is 1. The van der Waals surface area contributed by atoms with E-state index in [2.05, 4.69) is 10.3 Å². The molecule has 2 aromatic carbocycles. The first-order valence-corrected chi connectivity index (χ1v) is 11.5. The molecule has 0 saturated heterocycles. The van der Waals surface area contributed by atoms with Gasteiger partial charge < -0.3 is 10.1 Å². The highest BCUT2D eigenvalue weighted by Gasteiger charge is 2.16. The minimum Gasteiger partial charge on any atom is -0.495 e. The molecule has 1 amide bonds. The average Bonchev–Trinajstić information content (AvgIpc) is 3.20. The minimum atomic E-state index is -0.225. The molecular weight excluding hydrogens is 454 g/mol. The van der Waals surface area contributed by atoms with Crippen molar-refractivity contribution in [1.82, 2.24) is 9.55 Å². The molecule has 4 rings (SSSR count). The van der Waals surface area contributed by atoms with Crippen molar-refractivity contribution in [3.05, 3.63) is 69.3 Å². The van der Waals surface area contributed by atoms with E-state index in [1.807, 2.05) is 35.7 Å². The molecular formula is C22H18ClN3O3S2. The summed E-state index contributed by atoms with van der Waals surface area (Å²) in [6.07, 6.45) is 0. The Morgan fingerprint density at radius 3 is 2.74 bits per heavy atom. The van der Waals surface area contributed by atoms with Gasteiger partial charge in [0.25, 0.3) is 5.56 Å². The van der Waals surface area contributed by atoms with Gasteiger partial charge in [-0.1, -0.05) is 53.7 Å². The van der Waals surface area contributed by atoms with Crippen LogP contribution in [0, 0.1) is 0 Å². The minimum absolute atomic E-state index is 0.104. The number of nitrogens with one attached hydrogen (secondary N) is 1. The van der Waals surface area contributed by atoms with Crippen molar-refractivity contribution in [3.8, 4) is 16.9 Å². The molecule has 4 aromatic rings. The molecule has 0 fully saturated rings. The SMILES string of the molecule is COc1ccc(NC(=O)CSc2nc3scc(-c4ccccc4)c3c(=O)n2C)cc1Cl. The third-order valence-corrected chi connectivity index (χ3v) is 6.82. The van der Waals surface area contributed by atoms with Gasteiger partial charge in [0, 0.05) is 23.7 Å². The summed E-state index contributed by atoms with van der Waals surface area (Å²) in [4.78, 5) is 30.7. The highest BCUT2D eigenvalue weighted by atomic mass is 35.5. The summed E-state index contributed by atoms with van der Waals surface area (Å²) in [6.45, 7) is 0. The van der Waals surface area contributed by atoms with Crippen LogP contribution in [-0.4, -0.2) is 28.3 Å². The zero-order chi connectivity index (χ0) is 22.0.